The fourth-order valence-electron chi connectivity index (χ4n) is 3.95. The van der Waals surface area contributed by atoms with Gasteiger partial charge in [-0.25, -0.2) is 0 Å². The summed E-state index contributed by atoms with van der Waals surface area (Å²) in [6.07, 6.45) is 2.74. The van der Waals surface area contributed by atoms with Crippen LogP contribution in [0.15, 0.2) is 34.7 Å². The lowest BCUT2D eigenvalue weighted by Crippen LogP contribution is -2.38. The van der Waals surface area contributed by atoms with Crippen LogP contribution in [0.2, 0.25) is 10.0 Å². The molecule has 1 amide bonds. The number of nitrogens with one attached hydrogen (secondary N) is 2. The van der Waals surface area contributed by atoms with Gasteiger partial charge in [-0.2, -0.15) is 0 Å². The molecule has 1 aliphatic carbocycles. The van der Waals surface area contributed by atoms with Crippen LogP contribution in [-0.4, -0.2) is 5.91 Å². The van der Waals surface area contributed by atoms with E-state index in [4.69, 9.17) is 27.6 Å². The smallest absolute Gasteiger partial charge is 0.256 e. The van der Waals surface area contributed by atoms with Crippen LogP contribution in [0, 0.1) is 5.92 Å². The number of amides is 1. The number of carbonyl (C=O) groups is 1. The maximum absolute atomic E-state index is 12.8. The van der Waals surface area contributed by atoms with E-state index in [9.17, 15) is 4.79 Å². The van der Waals surface area contributed by atoms with Crippen LogP contribution in [0.4, 0.5) is 5.00 Å². The highest BCUT2D eigenvalue weighted by Gasteiger charge is 2.34. The molecule has 0 spiro atoms. The van der Waals surface area contributed by atoms with Crippen LogP contribution < -0.4 is 10.6 Å². The molecule has 0 fully saturated rings. The number of carbonyl (C=O) groups excluding carboxylic acids is 1. The SMILES string of the molecule is CC1CCc2c(sc3c2C(=O)NC(c2ccc(-c4cccc(Cl)c4Cl)o2)N3)C1. The number of hydrogen-bond donors (Lipinski definition) is 2. The number of rotatable bonds is 2. The number of benzene rings is 1. The van der Waals surface area contributed by atoms with Gasteiger partial charge in [0, 0.05) is 10.4 Å². The minimum absolute atomic E-state index is 0.0375. The number of halogens is 2. The number of furan rings is 1. The summed E-state index contributed by atoms with van der Waals surface area (Å²) < 4.78 is 6.01. The van der Waals surface area contributed by atoms with E-state index < -0.39 is 6.17 Å². The molecule has 0 radical (unpaired) electrons. The van der Waals surface area contributed by atoms with Crippen molar-refractivity contribution in [3.05, 3.63) is 62.1 Å². The molecule has 144 valence electrons. The first-order valence-electron chi connectivity index (χ1n) is 9.27. The van der Waals surface area contributed by atoms with Gasteiger partial charge in [0.25, 0.3) is 5.91 Å². The molecule has 1 aliphatic heterocycles. The van der Waals surface area contributed by atoms with Crippen molar-refractivity contribution in [2.75, 3.05) is 5.32 Å². The summed E-state index contributed by atoms with van der Waals surface area (Å²) in [5.41, 5.74) is 2.75. The zero-order valence-corrected chi connectivity index (χ0v) is 17.5. The Bertz CT molecular complexity index is 1090. The molecule has 4 nitrogen and oxygen atoms in total. The Hall–Kier alpha value is -1.95. The first kappa shape index (κ1) is 18.1. The number of hydrogen-bond acceptors (Lipinski definition) is 4. The van der Waals surface area contributed by atoms with Crippen LogP contribution in [0.5, 0.6) is 0 Å². The van der Waals surface area contributed by atoms with Gasteiger partial charge in [-0.1, -0.05) is 36.2 Å². The van der Waals surface area contributed by atoms with Crippen molar-refractivity contribution in [1.82, 2.24) is 5.32 Å². The lowest BCUT2D eigenvalue weighted by atomic mass is 9.88. The van der Waals surface area contributed by atoms with E-state index in [1.165, 1.54) is 10.4 Å². The van der Waals surface area contributed by atoms with E-state index in [0.29, 0.717) is 27.5 Å². The molecular formula is C21H18Cl2N2O2S. The standard InChI is InChI=1S/C21H18Cl2N2O2S/c1-10-5-6-12-16(9-10)28-21-17(12)20(26)24-19(25-21)15-8-7-14(27-15)11-3-2-4-13(22)18(11)23/h2-4,7-8,10,19,25H,5-6,9H2,1H3,(H,24,26). The average molecular weight is 433 g/mol. The highest BCUT2D eigenvalue weighted by atomic mass is 35.5. The molecule has 2 unspecified atom stereocenters. The fraction of sp³-hybridized carbons (Fsp3) is 0.286. The van der Waals surface area contributed by atoms with E-state index in [1.807, 2.05) is 24.3 Å². The summed E-state index contributed by atoms with van der Waals surface area (Å²) in [4.78, 5) is 14.2. The van der Waals surface area contributed by atoms with Gasteiger partial charge < -0.3 is 15.1 Å². The molecule has 2 aliphatic rings. The maximum Gasteiger partial charge on any atom is 0.256 e. The van der Waals surface area contributed by atoms with Crippen LogP contribution in [-0.2, 0) is 12.8 Å². The largest absolute Gasteiger partial charge is 0.457 e. The van der Waals surface area contributed by atoms with Crippen molar-refractivity contribution >= 4 is 45.4 Å². The van der Waals surface area contributed by atoms with E-state index >= 15 is 0 Å². The first-order valence-corrected chi connectivity index (χ1v) is 10.8. The molecule has 2 aromatic heterocycles. The third-order valence-electron chi connectivity index (χ3n) is 5.42. The minimum Gasteiger partial charge on any atom is -0.457 e. The summed E-state index contributed by atoms with van der Waals surface area (Å²) in [7, 11) is 0. The van der Waals surface area contributed by atoms with Gasteiger partial charge in [0.05, 0.1) is 15.6 Å². The second-order valence-electron chi connectivity index (χ2n) is 7.41. The summed E-state index contributed by atoms with van der Waals surface area (Å²) in [5, 5.41) is 8.34. The van der Waals surface area contributed by atoms with Crippen molar-refractivity contribution in [2.45, 2.75) is 32.4 Å². The van der Waals surface area contributed by atoms with Gasteiger partial charge in [0.2, 0.25) is 0 Å². The molecule has 0 bridgehead atoms. The molecule has 3 heterocycles. The number of fused-ring (bicyclic) bond motifs is 3. The maximum atomic E-state index is 12.8. The monoisotopic (exact) mass is 432 g/mol. The lowest BCUT2D eigenvalue weighted by molar-refractivity contribution is 0.0930. The molecule has 0 saturated heterocycles. The molecular weight excluding hydrogens is 415 g/mol. The molecule has 7 heteroatoms. The molecule has 2 N–H and O–H groups in total. The van der Waals surface area contributed by atoms with Crippen molar-refractivity contribution in [3.8, 4) is 11.3 Å². The van der Waals surface area contributed by atoms with Gasteiger partial charge in [-0.05, 0) is 55.0 Å². The summed E-state index contributed by atoms with van der Waals surface area (Å²) in [6, 6.07) is 9.12. The Morgan fingerprint density at radius 2 is 2.04 bits per heavy atom. The summed E-state index contributed by atoms with van der Waals surface area (Å²) in [5.74, 6) is 1.87. The van der Waals surface area contributed by atoms with Gasteiger partial charge in [0.15, 0.2) is 6.17 Å². The quantitative estimate of drug-likeness (QED) is 0.499. The third kappa shape index (κ3) is 2.93. The molecule has 2 atom stereocenters. The van der Waals surface area contributed by atoms with E-state index in [2.05, 4.69) is 17.6 Å². The van der Waals surface area contributed by atoms with Gasteiger partial charge in [0.1, 0.15) is 16.5 Å². The average Bonchev–Trinajstić information content (AvgIpc) is 3.28. The van der Waals surface area contributed by atoms with Crippen molar-refractivity contribution in [1.29, 1.82) is 0 Å². The van der Waals surface area contributed by atoms with Crippen LogP contribution in [0.25, 0.3) is 11.3 Å². The molecule has 3 aromatic rings. The van der Waals surface area contributed by atoms with Crippen molar-refractivity contribution in [3.63, 3.8) is 0 Å². The second-order valence-corrected chi connectivity index (χ2v) is 9.30. The molecule has 0 saturated carbocycles. The zero-order valence-electron chi connectivity index (χ0n) is 15.1. The zero-order chi connectivity index (χ0) is 19.4. The molecule has 1 aromatic carbocycles. The Balaban J connectivity index is 1.46. The Kier molecular flexibility index (Phi) is 4.42. The predicted molar refractivity (Wildman–Crippen MR) is 114 cm³/mol. The van der Waals surface area contributed by atoms with E-state index in [-0.39, 0.29) is 5.91 Å². The number of anilines is 1. The van der Waals surface area contributed by atoms with Crippen molar-refractivity contribution in [2.24, 2.45) is 5.92 Å². The Labute approximate surface area is 176 Å². The van der Waals surface area contributed by atoms with Crippen LogP contribution >= 0.6 is 34.5 Å². The predicted octanol–water partition coefficient (Wildman–Crippen LogP) is 6.29. The summed E-state index contributed by atoms with van der Waals surface area (Å²) >= 11 is 14.1. The highest BCUT2D eigenvalue weighted by Crippen LogP contribution is 2.43. The van der Waals surface area contributed by atoms with Gasteiger partial charge in [-0.15, -0.1) is 11.3 Å². The van der Waals surface area contributed by atoms with Crippen LogP contribution in [0.3, 0.4) is 0 Å². The Morgan fingerprint density at radius 3 is 2.89 bits per heavy atom. The normalized spacial score (nSPS) is 20.9. The van der Waals surface area contributed by atoms with E-state index in [0.717, 1.165) is 35.4 Å². The topological polar surface area (TPSA) is 54.3 Å². The first-order chi connectivity index (χ1) is 13.5. The Morgan fingerprint density at radius 1 is 1.18 bits per heavy atom. The third-order valence-corrected chi connectivity index (χ3v) is 7.42. The van der Waals surface area contributed by atoms with Gasteiger partial charge in [-0.3, -0.25) is 4.79 Å². The van der Waals surface area contributed by atoms with Gasteiger partial charge >= 0.3 is 0 Å². The number of thiophene rings is 1. The second kappa shape index (κ2) is 6.83. The lowest BCUT2D eigenvalue weighted by Gasteiger charge is -2.25. The molecule has 5 rings (SSSR count). The minimum atomic E-state index is -0.413. The summed E-state index contributed by atoms with van der Waals surface area (Å²) in [6.45, 7) is 2.27. The van der Waals surface area contributed by atoms with E-state index in [1.54, 1.807) is 17.4 Å². The fourth-order valence-corrected chi connectivity index (χ4v) is 5.78. The van der Waals surface area contributed by atoms with Crippen molar-refractivity contribution < 1.29 is 9.21 Å². The van der Waals surface area contributed by atoms with Crippen LogP contribution in [0.1, 0.15) is 46.1 Å². The highest BCUT2D eigenvalue weighted by molar-refractivity contribution is 7.16. The molecule has 28 heavy (non-hydrogen) atoms.